The van der Waals surface area contributed by atoms with E-state index < -0.39 is 11.9 Å². The number of aromatic amines is 1. The molecule has 128 valence electrons. The number of nitrogens with one attached hydrogen (secondary N) is 1. The van der Waals surface area contributed by atoms with Crippen LogP contribution >= 0.6 is 0 Å². The van der Waals surface area contributed by atoms with Gasteiger partial charge in [-0.05, 0) is 24.6 Å². The van der Waals surface area contributed by atoms with E-state index >= 15 is 0 Å². The van der Waals surface area contributed by atoms with Crippen LogP contribution < -0.4 is 19.9 Å². The average Bonchev–Trinajstić information content (AvgIpc) is 2.94. The van der Waals surface area contributed by atoms with Gasteiger partial charge in [0.15, 0.2) is 11.5 Å². The number of nitrogens with two attached hydrogens (primary N) is 1. The van der Waals surface area contributed by atoms with E-state index in [1.807, 2.05) is 6.92 Å². The zero-order chi connectivity index (χ0) is 18.1. The van der Waals surface area contributed by atoms with E-state index in [4.69, 9.17) is 19.9 Å². The lowest BCUT2D eigenvalue weighted by Crippen LogP contribution is -2.21. The Balaban J connectivity index is 2.16. The normalized spacial score (nSPS) is 15.8. The fourth-order valence-corrected chi connectivity index (χ4v) is 2.83. The van der Waals surface area contributed by atoms with Gasteiger partial charge in [0.2, 0.25) is 11.8 Å². The summed E-state index contributed by atoms with van der Waals surface area (Å²) in [6, 6.07) is 7.17. The van der Waals surface area contributed by atoms with Crippen molar-refractivity contribution in [2.75, 3.05) is 7.11 Å². The number of methoxy groups -OCH3 is 1. The van der Waals surface area contributed by atoms with Crippen molar-refractivity contribution in [3.05, 3.63) is 46.5 Å². The van der Waals surface area contributed by atoms with Crippen molar-refractivity contribution in [2.24, 2.45) is 5.73 Å². The Morgan fingerprint density at radius 1 is 1.44 bits per heavy atom. The minimum atomic E-state index is -0.465. The molecule has 2 heterocycles. The Labute approximate surface area is 143 Å². The fourth-order valence-electron chi connectivity index (χ4n) is 2.83. The van der Waals surface area contributed by atoms with Gasteiger partial charge in [0.05, 0.1) is 13.0 Å². The Morgan fingerprint density at radius 3 is 2.84 bits per heavy atom. The van der Waals surface area contributed by atoms with E-state index in [-0.39, 0.29) is 11.5 Å². The van der Waals surface area contributed by atoms with E-state index in [1.165, 1.54) is 14.0 Å². The van der Waals surface area contributed by atoms with Crippen LogP contribution in [0.1, 0.15) is 29.7 Å². The minimum Gasteiger partial charge on any atom is -0.493 e. The van der Waals surface area contributed by atoms with Gasteiger partial charge in [-0.3, -0.25) is 9.89 Å². The number of fused-ring (bicyclic) bond motifs is 1. The number of esters is 1. The molecule has 2 aromatic rings. The first-order valence-corrected chi connectivity index (χ1v) is 7.45. The van der Waals surface area contributed by atoms with Crippen LogP contribution in [0.2, 0.25) is 0 Å². The van der Waals surface area contributed by atoms with E-state index in [2.05, 4.69) is 16.3 Å². The molecular formula is C17H16N4O4. The largest absolute Gasteiger partial charge is 0.493 e. The fraction of sp³-hybridized carbons (Fsp3) is 0.235. The third-order valence-corrected chi connectivity index (χ3v) is 3.90. The molecule has 0 fully saturated rings. The van der Waals surface area contributed by atoms with Gasteiger partial charge in [-0.1, -0.05) is 6.07 Å². The van der Waals surface area contributed by atoms with E-state index in [9.17, 15) is 10.1 Å². The molecule has 0 radical (unpaired) electrons. The van der Waals surface area contributed by atoms with Gasteiger partial charge in [0, 0.05) is 18.2 Å². The Bertz CT molecular complexity index is 923. The average molecular weight is 340 g/mol. The molecule has 25 heavy (non-hydrogen) atoms. The molecule has 1 aromatic carbocycles. The van der Waals surface area contributed by atoms with E-state index in [1.54, 1.807) is 18.2 Å². The van der Waals surface area contributed by atoms with E-state index in [0.717, 1.165) is 16.8 Å². The first kappa shape index (κ1) is 16.4. The first-order valence-electron chi connectivity index (χ1n) is 7.45. The van der Waals surface area contributed by atoms with E-state index in [0.29, 0.717) is 17.4 Å². The van der Waals surface area contributed by atoms with Crippen LogP contribution in [0.5, 0.6) is 17.4 Å². The number of nitrogens with zero attached hydrogens (tertiary/aromatic N) is 2. The maximum atomic E-state index is 11.2. The van der Waals surface area contributed by atoms with Gasteiger partial charge in [-0.15, -0.1) is 5.10 Å². The first-order chi connectivity index (χ1) is 12.0. The second-order valence-corrected chi connectivity index (χ2v) is 5.50. The van der Waals surface area contributed by atoms with Crippen molar-refractivity contribution in [3.63, 3.8) is 0 Å². The van der Waals surface area contributed by atoms with Gasteiger partial charge in [-0.2, -0.15) is 5.26 Å². The number of carbonyl (C=O) groups is 1. The lowest BCUT2D eigenvalue weighted by Gasteiger charge is -2.24. The van der Waals surface area contributed by atoms with Crippen LogP contribution in [0.3, 0.4) is 0 Å². The van der Waals surface area contributed by atoms with Crippen LogP contribution in [0.25, 0.3) is 0 Å². The highest BCUT2D eigenvalue weighted by Gasteiger charge is 2.34. The second kappa shape index (κ2) is 6.20. The number of allylic oxidation sites excluding steroid dienone is 1. The lowest BCUT2D eigenvalue weighted by atomic mass is 9.84. The van der Waals surface area contributed by atoms with Crippen molar-refractivity contribution in [1.29, 1.82) is 5.26 Å². The van der Waals surface area contributed by atoms with Crippen LogP contribution in [0, 0.1) is 18.3 Å². The maximum Gasteiger partial charge on any atom is 0.308 e. The van der Waals surface area contributed by atoms with Crippen LogP contribution in [-0.2, 0) is 4.79 Å². The monoisotopic (exact) mass is 340 g/mol. The summed E-state index contributed by atoms with van der Waals surface area (Å²) in [5.74, 6) is 0.0967. The standard InChI is InChI=1S/C17H16N4O4/c1-8-14-15(11(7-18)16(19)25-17(14)21-20-8)10-4-5-12(24-9(2)22)13(6-10)23-3/h4-6,15H,19H2,1-3H3,(H,20,21)/t15-/m0/s1. The summed E-state index contributed by atoms with van der Waals surface area (Å²) in [7, 11) is 1.47. The molecule has 0 amide bonds. The summed E-state index contributed by atoms with van der Waals surface area (Å²) in [6.07, 6.45) is 0. The van der Waals surface area contributed by atoms with Crippen molar-refractivity contribution >= 4 is 5.97 Å². The number of aryl methyl sites for hydroxylation is 1. The summed E-state index contributed by atoms with van der Waals surface area (Å²) < 4.78 is 15.9. The zero-order valence-electron chi connectivity index (χ0n) is 13.9. The van der Waals surface area contributed by atoms with Gasteiger partial charge in [0.1, 0.15) is 11.6 Å². The molecule has 0 bridgehead atoms. The summed E-state index contributed by atoms with van der Waals surface area (Å²) >= 11 is 0. The molecule has 8 nitrogen and oxygen atoms in total. The second-order valence-electron chi connectivity index (χ2n) is 5.50. The predicted molar refractivity (Wildman–Crippen MR) is 86.9 cm³/mol. The summed E-state index contributed by atoms with van der Waals surface area (Å²) in [5.41, 5.74) is 8.40. The number of carbonyl (C=O) groups excluding carboxylic acids is 1. The Kier molecular flexibility index (Phi) is 4.07. The molecule has 3 rings (SSSR count). The third kappa shape index (κ3) is 2.76. The lowest BCUT2D eigenvalue weighted by molar-refractivity contribution is -0.132. The van der Waals surface area contributed by atoms with Crippen LogP contribution in [0.15, 0.2) is 29.7 Å². The van der Waals surface area contributed by atoms with Gasteiger partial charge < -0.3 is 19.9 Å². The maximum absolute atomic E-state index is 11.2. The molecule has 8 heteroatoms. The number of nitriles is 1. The van der Waals surface area contributed by atoms with Gasteiger partial charge in [-0.25, -0.2) is 0 Å². The topological polar surface area (TPSA) is 123 Å². The van der Waals surface area contributed by atoms with Crippen molar-refractivity contribution < 1.29 is 19.0 Å². The van der Waals surface area contributed by atoms with Crippen LogP contribution in [0.4, 0.5) is 0 Å². The molecule has 0 unspecified atom stereocenters. The molecule has 1 aliphatic heterocycles. The molecule has 1 atom stereocenters. The zero-order valence-corrected chi connectivity index (χ0v) is 13.9. The smallest absolute Gasteiger partial charge is 0.308 e. The highest BCUT2D eigenvalue weighted by molar-refractivity contribution is 5.70. The highest BCUT2D eigenvalue weighted by Crippen LogP contribution is 2.44. The molecule has 3 N–H and O–H groups in total. The van der Waals surface area contributed by atoms with Crippen molar-refractivity contribution in [1.82, 2.24) is 10.2 Å². The number of hydrogen-bond acceptors (Lipinski definition) is 7. The van der Waals surface area contributed by atoms with Gasteiger partial charge in [0.25, 0.3) is 0 Å². The predicted octanol–water partition coefficient (Wildman–Crippen LogP) is 1.87. The summed E-state index contributed by atoms with van der Waals surface area (Å²) in [6.45, 7) is 3.15. The highest BCUT2D eigenvalue weighted by atomic mass is 16.6. The Morgan fingerprint density at radius 2 is 2.20 bits per heavy atom. The minimum absolute atomic E-state index is 0.00882. The molecule has 1 aliphatic rings. The van der Waals surface area contributed by atoms with Gasteiger partial charge >= 0.3 is 5.97 Å². The molecule has 0 aliphatic carbocycles. The molecular weight excluding hydrogens is 324 g/mol. The molecule has 0 saturated carbocycles. The number of hydrogen-bond donors (Lipinski definition) is 2. The summed E-state index contributed by atoms with van der Waals surface area (Å²) in [5, 5.41) is 16.5. The Hall–Kier alpha value is -3.47. The third-order valence-electron chi connectivity index (χ3n) is 3.90. The molecule has 0 saturated heterocycles. The van der Waals surface area contributed by atoms with Crippen molar-refractivity contribution in [2.45, 2.75) is 19.8 Å². The number of H-pyrrole nitrogens is 1. The van der Waals surface area contributed by atoms with Crippen molar-refractivity contribution in [3.8, 4) is 23.4 Å². The number of aromatic nitrogens is 2. The summed E-state index contributed by atoms with van der Waals surface area (Å²) in [4.78, 5) is 11.2. The number of benzene rings is 1. The quantitative estimate of drug-likeness (QED) is 0.645. The number of rotatable bonds is 3. The number of ether oxygens (including phenoxy) is 3. The molecule has 1 aromatic heterocycles. The molecule has 0 spiro atoms. The van der Waals surface area contributed by atoms with Crippen LogP contribution in [-0.4, -0.2) is 23.3 Å². The SMILES string of the molecule is COc1cc([C@H]2C(C#N)=C(N)Oc3n[nH]c(C)c32)ccc1OC(C)=O.